The molecule has 2 aromatic heterocycles. The quantitative estimate of drug-likeness (QED) is 0.603. The SMILES string of the molecule is Cc1ccccc1-n1ncc2c1CC(C)(C)CC2NC(=O)CSc1nnc(N)s1. The summed E-state index contributed by atoms with van der Waals surface area (Å²) >= 11 is 2.65. The molecule has 7 nitrogen and oxygen atoms in total. The Morgan fingerprint density at radius 1 is 1.38 bits per heavy atom. The molecule has 0 spiro atoms. The molecule has 0 aliphatic heterocycles. The number of thioether (sulfide) groups is 1. The summed E-state index contributed by atoms with van der Waals surface area (Å²) in [7, 11) is 0. The van der Waals surface area contributed by atoms with Gasteiger partial charge in [-0.3, -0.25) is 4.79 Å². The van der Waals surface area contributed by atoms with Crippen molar-refractivity contribution >= 4 is 34.1 Å². The smallest absolute Gasteiger partial charge is 0.230 e. The molecule has 152 valence electrons. The zero-order valence-corrected chi connectivity index (χ0v) is 18.3. The maximum Gasteiger partial charge on any atom is 0.230 e. The summed E-state index contributed by atoms with van der Waals surface area (Å²) in [5, 5.41) is 16.0. The molecule has 1 aliphatic rings. The van der Waals surface area contributed by atoms with E-state index in [9.17, 15) is 4.79 Å². The van der Waals surface area contributed by atoms with Crippen molar-refractivity contribution in [1.29, 1.82) is 0 Å². The van der Waals surface area contributed by atoms with Crippen LogP contribution in [0.2, 0.25) is 0 Å². The van der Waals surface area contributed by atoms with Gasteiger partial charge in [-0.15, -0.1) is 10.2 Å². The van der Waals surface area contributed by atoms with Crippen LogP contribution in [0.4, 0.5) is 5.13 Å². The summed E-state index contributed by atoms with van der Waals surface area (Å²) < 4.78 is 2.73. The highest BCUT2D eigenvalue weighted by molar-refractivity contribution is 8.01. The molecule has 1 aliphatic carbocycles. The number of anilines is 1. The Hall–Kier alpha value is -2.39. The predicted octanol–water partition coefficient (Wildman–Crippen LogP) is 3.54. The average Bonchev–Trinajstić information content (AvgIpc) is 3.26. The van der Waals surface area contributed by atoms with E-state index < -0.39 is 0 Å². The van der Waals surface area contributed by atoms with Crippen LogP contribution in [-0.2, 0) is 11.2 Å². The van der Waals surface area contributed by atoms with E-state index in [1.54, 1.807) is 0 Å². The van der Waals surface area contributed by atoms with Gasteiger partial charge < -0.3 is 11.1 Å². The minimum absolute atomic E-state index is 0.0268. The molecule has 2 heterocycles. The lowest BCUT2D eigenvalue weighted by atomic mass is 9.74. The van der Waals surface area contributed by atoms with Crippen LogP contribution in [0, 0.1) is 12.3 Å². The number of amides is 1. The van der Waals surface area contributed by atoms with E-state index in [4.69, 9.17) is 5.73 Å². The molecule has 1 amide bonds. The van der Waals surface area contributed by atoms with E-state index in [0.29, 0.717) is 9.47 Å². The molecule has 3 N–H and O–H groups in total. The minimum atomic E-state index is -0.0564. The topological polar surface area (TPSA) is 98.7 Å². The van der Waals surface area contributed by atoms with Crippen molar-refractivity contribution in [3.05, 3.63) is 47.3 Å². The lowest BCUT2D eigenvalue weighted by Crippen LogP contribution is -2.37. The zero-order chi connectivity index (χ0) is 20.6. The Balaban J connectivity index is 1.55. The number of nitrogens with one attached hydrogen (secondary N) is 1. The van der Waals surface area contributed by atoms with Crippen molar-refractivity contribution < 1.29 is 4.79 Å². The summed E-state index contributed by atoms with van der Waals surface area (Å²) in [5.41, 5.74) is 10.2. The highest BCUT2D eigenvalue weighted by atomic mass is 32.2. The summed E-state index contributed by atoms with van der Waals surface area (Å²) in [5.74, 6) is 0.258. The van der Waals surface area contributed by atoms with E-state index >= 15 is 0 Å². The second-order valence-corrected chi connectivity index (χ2v) is 10.3. The predicted molar refractivity (Wildman–Crippen MR) is 116 cm³/mol. The van der Waals surface area contributed by atoms with E-state index in [0.717, 1.165) is 24.1 Å². The Bertz CT molecular complexity index is 1040. The van der Waals surface area contributed by atoms with Gasteiger partial charge in [0.2, 0.25) is 11.0 Å². The van der Waals surface area contributed by atoms with Crippen LogP contribution in [-0.4, -0.2) is 31.6 Å². The molecule has 4 rings (SSSR count). The van der Waals surface area contributed by atoms with Gasteiger partial charge in [-0.1, -0.05) is 55.1 Å². The van der Waals surface area contributed by atoms with Gasteiger partial charge in [-0.25, -0.2) is 4.68 Å². The number of aromatic nitrogens is 4. The first-order chi connectivity index (χ1) is 13.8. The third kappa shape index (κ3) is 4.30. The molecule has 0 bridgehead atoms. The van der Waals surface area contributed by atoms with Gasteiger partial charge in [-0.2, -0.15) is 5.10 Å². The highest BCUT2D eigenvalue weighted by Crippen LogP contribution is 2.41. The van der Waals surface area contributed by atoms with Gasteiger partial charge in [0.15, 0.2) is 4.34 Å². The Morgan fingerprint density at radius 3 is 2.90 bits per heavy atom. The second-order valence-electron chi connectivity index (χ2n) is 8.10. The van der Waals surface area contributed by atoms with Gasteiger partial charge in [0.05, 0.1) is 29.4 Å². The number of rotatable bonds is 5. The third-order valence-corrected chi connectivity index (χ3v) is 6.99. The maximum absolute atomic E-state index is 12.6. The maximum atomic E-state index is 12.6. The summed E-state index contributed by atoms with van der Waals surface area (Å²) in [4.78, 5) is 12.6. The number of hydrogen-bond donors (Lipinski definition) is 2. The number of para-hydroxylation sites is 1. The number of carbonyl (C=O) groups excluding carboxylic acids is 1. The first kappa shape index (κ1) is 19.9. The van der Waals surface area contributed by atoms with Crippen molar-refractivity contribution in [1.82, 2.24) is 25.3 Å². The van der Waals surface area contributed by atoms with Crippen molar-refractivity contribution in [3.63, 3.8) is 0 Å². The number of fused-ring (bicyclic) bond motifs is 1. The van der Waals surface area contributed by atoms with Crippen LogP contribution in [0.3, 0.4) is 0 Å². The van der Waals surface area contributed by atoms with E-state index in [1.165, 1.54) is 34.4 Å². The lowest BCUT2D eigenvalue weighted by molar-refractivity contribution is -0.119. The van der Waals surface area contributed by atoms with Crippen LogP contribution >= 0.6 is 23.1 Å². The Kier molecular flexibility index (Phi) is 5.35. The summed E-state index contributed by atoms with van der Waals surface area (Å²) in [6.07, 6.45) is 3.70. The number of benzene rings is 1. The van der Waals surface area contributed by atoms with Crippen molar-refractivity contribution in [2.24, 2.45) is 5.41 Å². The molecular weight excluding hydrogens is 404 g/mol. The number of aryl methyl sites for hydroxylation is 1. The summed E-state index contributed by atoms with van der Waals surface area (Å²) in [6, 6.07) is 8.18. The van der Waals surface area contributed by atoms with Gasteiger partial charge in [-0.05, 0) is 36.8 Å². The molecule has 0 radical (unpaired) electrons. The van der Waals surface area contributed by atoms with Gasteiger partial charge in [0, 0.05) is 5.56 Å². The Labute approximate surface area is 178 Å². The molecule has 29 heavy (non-hydrogen) atoms. The third-order valence-electron chi connectivity index (χ3n) is 5.11. The normalized spacial score (nSPS) is 17.7. The van der Waals surface area contributed by atoms with Crippen molar-refractivity contribution in [2.45, 2.75) is 44.0 Å². The molecular formula is C20H24N6OS2. The molecule has 1 atom stereocenters. The van der Waals surface area contributed by atoms with E-state index in [-0.39, 0.29) is 23.1 Å². The number of nitrogens with two attached hydrogens (primary N) is 1. The zero-order valence-electron chi connectivity index (χ0n) is 16.7. The molecule has 9 heteroatoms. The van der Waals surface area contributed by atoms with Crippen LogP contribution in [0.25, 0.3) is 5.69 Å². The number of nitrogens with zero attached hydrogens (tertiary/aromatic N) is 4. The molecule has 3 aromatic rings. The van der Waals surface area contributed by atoms with Gasteiger partial charge >= 0.3 is 0 Å². The van der Waals surface area contributed by atoms with Crippen molar-refractivity contribution in [3.8, 4) is 5.69 Å². The molecule has 0 saturated heterocycles. The standard InChI is InChI=1S/C20H24N6OS2/c1-12-6-4-5-7-15(12)26-16-9-20(2,3)8-14(13(16)10-22-26)23-17(27)11-28-19-25-24-18(21)29-19/h4-7,10,14H,8-9,11H2,1-3H3,(H2,21,24)(H,23,27). The molecule has 0 fully saturated rings. The fourth-order valence-corrected chi connectivity index (χ4v) is 5.27. The van der Waals surface area contributed by atoms with E-state index in [2.05, 4.69) is 53.5 Å². The van der Waals surface area contributed by atoms with Gasteiger partial charge in [0.1, 0.15) is 0 Å². The number of carbonyl (C=O) groups is 1. The number of hydrogen-bond acceptors (Lipinski definition) is 7. The second kappa shape index (κ2) is 7.79. The van der Waals surface area contributed by atoms with Crippen LogP contribution < -0.4 is 11.1 Å². The fourth-order valence-electron chi connectivity index (χ4n) is 3.82. The molecule has 1 unspecified atom stereocenters. The first-order valence-corrected chi connectivity index (χ1v) is 11.3. The molecule has 0 saturated carbocycles. The number of nitrogen functional groups attached to an aromatic ring is 1. The van der Waals surface area contributed by atoms with E-state index in [1.807, 2.05) is 23.0 Å². The first-order valence-electron chi connectivity index (χ1n) is 9.46. The van der Waals surface area contributed by atoms with Gasteiger partial charge in [0.25, 0.3) is 0 Å². The molecule has 1 aromatic carbocycles. The summed E-state index contributed by atoms with van der Waals surface area (Å²) in [6.45, 7) is 6.57. The monoisotopic (exact) mass is 428 g/mol. The van der Waals surface area contributed by atoms with Crippen LogP contribution in [0.5, 0.6) is 0 Å². The van der Waals surface area contributed by atoms with Crippen LogP contribution in [0.15, 0.2) is 34.8 Å². The minimum Gasteiger partial charge on any atom is -0.374 e. The van der Waals surface area contributed by atoms with Crippen LogP contribution in [0.1, 0.15) is 43.1 Å². The fraction of sp³-hybridized carbons (Fsp3) is 0.400. The lowest BCUT2D eigenvalue weighted by Gasteiger charge is -2.36. The highest BCUT2D eigenvalue weighted by Gasteiger charge is 2.36. The average molecular weight is 429 g/mol. The largest absolute Gasteiger partial charge is 0.374 e. The Morgan fingerprint density at radius 2 is 2.17 bits per heavy atom. The van der Waals surface area contributed by atoms with Crippen molar-refractivity contribution in [2.75, 3.05) is 11.5 Å².